The van der Waals surface area contributed by atoms with Crippen LogP contribution in [0.1, 0.15) is 19.8 Å². The molecular weight excluding hydrogens is 408 g/mol. The lowest BCUT2D eigenvalue weighted by Gasteiger charge is -2.25. The summed E-state index contributed by atoms with van der Waals surface area (Å²) in [5, 5.41) is 22.8. The monoisotopic (exact) mass is 438 g/mol. The summed E-state index contributed by atoms with van der Waals surface area (Å²) in [4.78, 5) is 17.3. The zero-order valence-corrected chi connectivity index (χ0v) is 18.8. The summed E-state index contributed by atoms with van der Waals surface area (Å²) in [7, 11) is 3.71. The molecule has 2 aromatic heterocycles. The number of nitrogens with one attached hydrogen (secondary N) is 1. The maximum Gasteiger partial charge on any atom is 0.290 e. The first-order valence-electron chi connectivity index (χ1n) is 11.2. The standard InChI is InChI=1S/C23H30N6O3/c1-23(6-7-23)32-16-4-5-18-17(10-16)21(25-24-18)19-11-20(22(31)28(3)26-19)29-9-8-27(2)12-15(13-29)14-30/h4-5,10-11,15,30H,6-9,12-14H2,1-3H3,(H,24,25). The van der Waals surface area contributed by atoms with E-state index in [0.717, 1.165) is 42.6 Å². The largest absolute Gasteiger partial charge is 0.488 e. The third-order valence-corrected chi connectivity index (χ3v) is 6.54. The van der Waals surface area contributed by atoms with Gasteiger partial charge in [-0.1, -0.05) is 0 Å². The Morgan fingerprint density at radius 1 is 1.22 bits per heavy atom. The first-order valence-corrected chi connectivity index (χ1v) is 11.2. The van der Waals surface area contributed by atoms with E-state index in [1.54, 1.807) is 7.05 Å². The van der Waals surface area contributed by atoms with Gasteiger partial charge in [-0.25, -0.2) is 4.68 Å². The number of aliphatic hydroxyl groups is 1. The first-order chi connectivity index (χ1) is 15.3. The Morgan fingerprint density at radius 3 is 2.78 bits per heavy atom. The Labute approximate surface area is 186 Å². The van der Waals surface area contributed by atoms with Gasteiger partial charge < -0.3 is 19.6 Å². The maximum atomic E-state index is 13.0. The van der Waals surface area contributed by atoms with Gasteiger partial charge in [0.05, 0.1) is 5.52 Å². The van der Waals surface area contributed by atoms with Gasteiger partial charge in [-0.05, 0) is 51.1 Å². The van der Waals surface area contributed by atoms with Gasteiger partial charge in [-0.15, -0.1) is 0 Å². The normalized spacial score (nSPS) is 21.0. The molecule has 1 aliphatic carbocycles. The first kappa shape index (κ1) is 21.0. The predicted molar refractivity (Wildman–Crippen MR) is 123 cm³/mol. The molecular formula is C23H30N6O3. The average molecular weight is 439 g/mol. The highest BCUT2D eigenvalue weighted by atomic mass is 16.5. The average Bonchev–Trinajstić information content (AvgIpc) is 3.40. The molecule has 3 heterocycles. The van der Waals surface area contributed by atoms with Gasteiger partial charge >= 0.3 is 0 Å². The zero-order chi connectivity index (χ0) is 22.5. The van der Waals surface area contributed by atoms with Crippen molar-refractivity contribution in [1.82, 2.24) is 24.9 Å². The van der Waals surface area contributed by atoms with Crippen molar-refractivity contribution < 1.29 is 9.84 Å². The molecule has 3 aromatic rings. The van der Waals surface area contributed by atoms with Crippen molar-refractivity contribution in [2.24, 2.45) is 13.0 Å². The Morgan fingerprint density at radius 2 is 2.03 bits per heavy atom. The highest BCUT2D eigenvalue weighted by molar-refractivity contribution is 5.93. The number of H-pyrrole nitrogens is 1. The maximum absolute atomic E-state index is 13.0. The molecule has 32 heavy (non-hydrogen) atoms. The van der Waals surface area contributed by atoms with Crippen molar-refractivity contribution in [3.05, 3.63) is 34.6 Å². The third-order valence-electron chi connectivity index (χ3n) is 6.54. The number of aryl methyl sites for hydroxylation is 1. The van der Waals surface area contributed by atoms with Crippen LogP contribution in [0.25, 0.3) is 22.3 Å². The van der Waals surface area contributed by atoms with E-state index in [0.29, 0.717) is 30.2 Å². The smallest absolute Gasteiger partial charge is 0.290 e. The lowest BCUT2D eigenvalue weighted by Crippen LogP contribution is -2.37. The number of rotatable bonds is 5. The lowest BCUT2D eigenvalue weighted by molar-refractivity contribution is 0.197. The minimum absolute atomic E-state index is 0.0666. The molecule has 0 radical (unpaired) electrons. The van der Waals surface area contributed by atoms with E-state index in [1.807, 2.05) is 31.3 Å². The second-order valence-electron chi connectivity index (χ2n) is 9.43. The molecule has 0 spiro atoms. The fourth-order valence-electron chi connectivity index (χ4n) is 4.37. The van der Waals surface area contributed by atoms with Crippen LogP contribution in [0.5, 0.6) is 5.75 Å². The number of ether oxygens (including phenoxy) is 1. The molecule has 2 aliphatic rings. The zero-order valence-electron chi connectivity index (χ0n) is 18.8. The fourth-order valence-corrected chi connectivity index (χ4v) is 4.37. The Bertz CT molecular complexity index is 1200. The Balaban J connectivity index is 1.54. The quantitative estimate of drug-likeness (QED) is 0.624. The van der Waals surface area contributed by atoms with Crippen LogP contribution < -0.4 is 15.2 Å². The van der Waals surface area contributed by atoms with Gasteiger partial charge in [-0.3, -0.25) is 9.89 Å². The number of anilines is 1. The van der Waals surface area contributed by atoms with Gasteiger partial charge in [0.1, 0.15) is 28.4 Å². The molecule has 1 saturated carbocycles. The fraction of sp³-hybridized carbons (Fsp3) is 0.522. The summed E-state index contributed by atoms with van der Waals surface area (Å²) in [6.07, 6.45) is 2.13. The van der Waals surface area contributed by atoms with Gasteiger partial charge in [0.15, 0.2) is 0 Å². The van der Waals surface area contributed by atoms with E-state index in [-0.39, 0.29) is 23.7 Å². The molecule has 170 valence electrons. The summed E-state index contributed by atoms with van der Waals surface area (Å²) < 4.78 is 7.51. The summed E-state index contributed by atoms with van der Waals surface area (Å²) in [6, 6.07) is 7.74. The molecule has 1 atom stereocenters. The van der Waals surface area contributed by atoms with Crippen molar-refractivity contribution in [3.63, 3.8) is 0 Å². The number of aromatic amines is 1. The summed E-state index contributed by atoms with van der Waals surface area (Å²) in [5.41, 5.74) is 2.57. The van der Waals surface area contributed by atoms with Crippen LogP contribution in [0.2, 0.25) is 0 Å². The van der Waals surface area contributed by atoms with Crippen molar-refractivity contribution in [1.29, 1.82) is 0 Å². The topological polar surface area (TPSA) is 99.5 Å². The number of aliphatic hydroxyl groups excluding tert-OH is 1. The number of likely N-dealkylation sites (N-methyl/N-ethyl adjacent to an activating group) is 1. The van der Waals surface area contributed by atoms with Gasteiger partial charge in [-0.2, -0.15) is 10.2 Å². The summed E-state index contributed by atoms with van der Waals surface area (Å²) in [6.45, 7) is 5.16. The molecule has 1 saturated heterocycles. The minimum atomic E-state index is -0.152. The minimum Gasteiger partial charge on any atom is -0.488 e. The van der Waals surface area contributed by atoms with E-state index in [2.05, 4.69) is 32.0 Å². The summed E-state index contributed by atoms with van der Waals surface area (Å²) >= 11 is 0. The van der Waals surface area contributed by atoms with E-state index >= 15 is 0 Å². The number of fused-ring (bicyclic) bond motifs is 1. The Hall–Kier alpha value is -2.91. The van der Waals surface area contributed by atoms with Gasteiger partial charge in [0.25, 0.3) is 5.56 Å². The molecule has 9 heteroatoms. The van der Waals surface area contributed by atoms with Gasteiger partial charge in [0, 0.05) is 51.1 Å². The lowest BCUT2D eigenvalue weighted by atomic mass is 10.1. The number of hydrogen-bond donors (Lipinski definition) is 2. The Kier molecular flexibility index (Phi) is 5.17. The number of benzene rings is 1. The molecule has 0 amide bonds. The van der Waals surface area contributed by atoms with Crippen LogP contribution >= 0.6 is 0 Å². The molecule has 1 unspecified atom stereocenters. The molecule has 1 aliphatic heterocycles. The highest BCUT2D eigenvalue weighted by Crippen LogP contribution is 2.40. The van der Waals surface area contributed by atoms with Crippen molar-refractivity contribution >= 4 is 16.6 Å². The summed E-state index contributed by atoms with van der Waals surface area (Å²) in [5.74, 6) is 0.894. The van der Waals surface area contributed by atoms with Crippen LogP contribution in [-0.2, 0) is 7.05 Å². The molecule has 1 aromatic carbocycles. The predicted octanol–water partition coefficient (Wildman–Crippen LogP) is 1.62. The molecule has 2 fully saturated rings. The molecule has 2 N–H and O–H groups in total. The van der Waals surface area contributed by atoms with E-state index < -0.39 is 0 Å². The van der Waals surface area contributed by atoms with Crippen molar-refractivity contribution in [3.8, 4) is 17.1 Å². The number of hydrogen-bond acceptors (Lipinski definition) is 7. The van der Waals surface area contributed by atoms with Crippen LogP contribution in [0, 0.1) is 5.92 Å². The number of nitrogens with zero attached hydrogens (tertiary/aromatic N) is 5. The SMILES string of the molecule is CN1CCN(c2cc(-c3n[nH]c4ccc(OC5(C)CC5)cc34)nn(C)c2=O)CC(CO)C1. The van der Waals surface area contributed by atoms with Crippen LogP contribution in [0.3, 0.4) is 0 Å². The molecule has 0 bridgehead atoms. The van der Waals surface area contributed by atoms with Crippen molar-refractivity contribution in [2.75, 3.05) is 44.7 Å². The second kappa shape index (κ2) is 7.90. The molecule has 9 nitrogen and oxygen atoms in total. The van der Waals surface area contributed by atoms with E-state index in [9.17, 15) is 9.90 Å². The van der Waals surface area contributed by atoms with Crippen LogP contribution in [0.4, 0.5) is 5.69 Å². The van der Waals surface area contributed by atoms with Crippen molar-refractivity contribution in [2.45, 2.75) is 25.4 Å². The second-order valence-corrected chi connectivity index (χ2v) is 9.43. The van der Waals surface area contributed by atoms with Crippen LogP contribution in [-0.4, -0.2) is 75.4 Å². The third kappa shape index (κ3) is 3.98. The van der Waals surface area contributed by atoms with E-state index in [1.165, 1.54) is 4.68 Å². The number of aromatic nitrogens is 4. The van der Waals surface area contributed by atoms with Gasteiger partial charge in [0.2, 0.25) is 0 Å². The molecule has 5 rings (SSSR count). The van der Waals surface area contributed by atoms with Crippen LogP contribution in [0.15, 0.2) is 29.1 Å². The van der Waals surface area contributed by atoms with E-state index in [4.69, 9.17) is 4.74 Å². The highest BCUT2D eigenvalue weighted by Gasteiger charge is 2.40.